The highest BCUT2D eigenvalue weighted by Gasteiger charge is 2.17. The molecule has 94 valence electrons. The Hall–Kier alpha value is -2.15. The summed E-state index contributed by atoms with van der Waals surface area (Å²) >= 11 is 0. The summed E-state index contributed by atoms with van der Waals surface area (Å²) in [6.45, 7) is 1.92. The van der Waals surface area contributed by atoms with E-state index in [0.29, 0.717) is 6.42 Å². The molecule has 0 amide bonds. The number of ketones is 1. The van der Waals surface area contributed by atoms with Crippen LogP contribution in [0.1, 0.15) is 35.2 Å². The van der Waals surface area contributed by atoms with E-state index in [1.165, 1.54) is 5.39 Å². The lowest BCUT2D eigenvalue weighted by Gasteiger charge is -2.13. The van der Waals surface area contributed by atoms with E-state index < -0.39 is 0 Å². The molecule has 2 aromatic rings. The second kappa shape index (κ2) is 4.85. The highest BCUT2D eigenvalue weighted by molar-refractivity contribution is 6.01. The van der Waals surface area contributed by atoms with Gasteiger partial charge < -0.3 is 0 Å². The van der Waals surface area contributed by atoms with Crippen molar-refractivity contribution in [2.75, 3.05) is 0 Å². The number of fused-ring (bicyclic) bond motifs is 1. The number of rotatable bonds is 3. The van der Waals surface area contributed by atoms with Crippen LogP contribution in [0.4, 0.5) is 0 Å². The number of carbonyl (C=O) groups excluding carboxylic acids is 1. The van der Waals surface area contributed by atoms with Crippen molar-refractivity contribution in [3.8, 4) is 0 Å². The topological polar surface area (TPSA) is 17.1 Å². The maximum Gasteiger partial charge on any atom is 0.162 e. The number of allylic oxidation sites excluding steroid dienone is 4. The van der Waals surface area contributed by atoms with E-state index in [4.69, 9.17) is 0 Å². The van der Waals surface area contributed by atoms with E-state index in [-0.39, 0.29) is 11.7 Å². The Balaban J connectivity index is 2.24. The molecule has 1 aliphatic carbocycles. The van der Waals surface area contributed by atoms with Gasteiger partial charge in [-0.1, -0.05) is 55.5 Å². The lowest BCUT2D eigenvalue weighted by molar-refractivity contribution is 0.0987. The summed E-state index contributed by atoms with van der Waals surface area (Å²) in [5, 5.41) is 2.33. The minimum absolute atomic E-state index is 0.217. The molecule has 0 fully saturated rings. The molecule has 2 aromatic carbocycles. The summed E-state index contributed by atoms with van der Waals surface area (Å²) in [7, 11) is 0. The molecule has 3 rings (SSSR count). The van der Waals surface area contributed by atoms with E-state index in [0.717, 1.165) is 16.5 Å². The minimum Gasteiger partial charge on any atom is -0.294 e. The fourth-order valence-corrected chi connectivity index (χ4v) is 2.60. The van der Waals surface area contributed by atoms with E-state index in [9.17, 15) is 4.79 Å². The van der Waals surface area contributed by atoms with Gasteiger partial charge in [-0.3, -0.25) is 4.79 Å². The van der Waals surface area contributed by atoms with Crippen LogP contribution in [0, 0.1) is 0 Å². The number of Topliss-reactive ketones (excluding diaryl/α,β-unsaturated/α-hetero) is 1. The van der Waals surface area contributed by atoms with Crippen LogP contribution in [-0.4, -0.2) is 5.78 Å². The Morgan fingerprint density at radius 2 is 1.68 bits per heavy atom. The molecular formula is C18H16O. The Labute approximate surface area is 113 Å². The first-order valence-corrected chi connectivity index (χ1v) is 6.70. The average Bonchev–Trinajstić information content (AvgIpc) is 2.99. The van der Waals surface area contributed by atoms with E-state index in [1.54, 1.807) is 0 Å². The van der Waals surface area contributed by atoms with E-state index >= 15 is 0 Å². The molecule has 0 radical (unpaired) electrons. The summed E-state index contributed by atoms with van der Waals surface area (Å²) in [5.41, 5.74) is 1.98. The highest BCUT2D eigenvalue weighted by atomic mass is 16.1. The zero-order valence-corrected chi connectivity index (χ0v) is 11.0. The van der Waals surface area contributed by atoms with Gasteiger partial charge in [-0.05, 0) is 28.5 Å². The van der Waals surface area contributed by atoms with Crippen LogP contribution in [-0.2, 0) is 0 Å². The van der Waals surface area contributed by atoms with Crippen molar-refractivity contribution in [2.45, 2.75) is 19.3 Å². The van der Waals surface area contributed by atoms with Crippen LogP contribution in [0.25, 0.3) is 10.8 Å². The predicted molar refractivity (Wildman–Crippen MR) is 79.6 cm³/mol. The molecule has 0 saturated carbocycles. The molecule has 1 aliphatic rings. The molecule has 1 nitrogen and oxygen atoms in total. The highest BCUT2D eigenvalue weighted by Crippen LogP contribution is 2.30. The molecule has 0 saturated heterocycles. The zero-order valence-electron chi connectivity index (χ0n) is 11.0. The van der Waals surface area contributed by atoms with Crippen LogP contribution < -0.4 is 0 Å². The van der Waals surface area contributed by atoms with Gasteiger partial charge in [0.25, 0.3) is 0 Å². The molecule has 0 atom stereocenters. The van der Waals surface area contributed by atoms with Gasteiger partial charge in [0.15, 0.2) is 5.78 Å². The third-order valence-electron chi connectivity index (χ3n) is 3.65. The van der Waals surface area contributed by atoms with Crippen LogP contribution in [0.2, 0.25) is 0 Å². The number of benzene rings is 2. The van der Waals surface area contributed by atoms with E-state index in [1.807, 2.05) is 37.3 Å². The van der Waals surface area contributed by atoms with Gasteiger partial charge in [0, 0.05) is 17.9 Å². The Morgan fingerprint density at radius 1 is 1.05 bits per heavy atom. The fourth-order valence-electron chi connectivity index (χ4n) is 2.60. The molecule has 0 aromatic heterocycles. The monoisotopic (exact) mass is 248 g/mol. The molecule has 0 heterocycles. The summed E-state index contributed by atoms with van der Waals surface area (Å²) in [4.78, 5) is 12.2. The number of hydrogen-bond donors (Lipinski definition) is 0. The average molecular weight is 248 g/mol. The van der Waals surface area contributed by atoms with Crippen molar-refractivity contribution in [3.63, 3.8) is 0 Å². The quantitative estimate of drug-likeness (QED) is 0.723. The maximum absolute atomic E-state index is 12.2. The molecule has 0 bridgehead atoms. The van der Waals surface area contributed by atoms with Gasteiger partial charge in [0.1, 0.15) is 0 Å². The van der Waals surface area contributed by atoms with Crippen molar-refractivity contribution < 1.29 is 4.79 Å². The summed E-state index contributed by atoms with van der Waals surface area (Å²) in [6, 6.07) is 12.4. The third kappa shape index (κ3) is 2.12. The fraction of sp³-hybridized carbons (Fsp3) is 0.167. The standard InChI is InChI=1S/C18H16O/c1-2-18(19)17-12-15-10-6-5-9-14(15)11-16(17)13-7-3-4-8-13/h3-13H,2H2,1H3. The normalized spacial score (nSPS) is 14.4. The second-order valence-electron chi connectivity index (χ2n) is 4.86. The van der Waals surface area contributed by atoms with Gasteiger partial charge in [-0.15, -0.1) is 0 Å². The molecule has 0 spiro atoms. The first-order chi connectivity index (χ1) is 9.29. The maximum atomic E-state index is 12.2. The first-order valence-electron chi connectivity index (χ1n) is 6.70. The number of carbonyl (C=O) groups is 1. The van der Waals surface area contributed by atoms with Crippen molar-refractivity contribution >= 4 is 16.6 Å². The molecule has 0 unspecified atom stereocenters. The summed E-state index contributed by atoms with van der Waals surface area (Å²) in [5.74, 6) is 0.449. The van der Waals surface area contributed by atoms with Crippen molar-refractivity contribution in [2.24, 2.45) is 0 Å². The minimum atomic E-state index is 0.217. The van der Waals surface area contributed by atoms with Crippen molar-refractivity contribution in [3.05, 3.63) is 71.8 Å². The smallest absolute Gasteiger partial charge is 0.162 e. The first kappa shape index (κ1) is 11.9. The Morgan fingerprint density at radius 3 is 2.32 bits per heavy atom. The lowest BCUT2D eigenvalue weighted by Crippen LogP contribution is -2.04. The summed E-state index contributed by atoms with van der Waals surface area (Å²) < 4.78 is 0. The van der Waals surface area contributed by atoms with Gasteiger partial charge in [-0.2, -0.15) is 0 Å². The van der Waals surface area contributed by atoms with Crippen molar-refractivity contribution in [1.29, 1.82) is 0 Å². The Kier molecular flexibility index (Phi) is 3.04. The molecule has 19 heavy (non-hydrogen) atoms. The molecule has 0 N–H and O–H groups in total. The predicted octanol–water partition coefficient (Wildman–Crippen LogP) is 4.64. The van der Waals surface area contributed by atoms with Gasteiger partial charge in [-0.25, -0.2) is 0 Å². The van der Waals surface area contributed by atoms with Crippen LogP contribution in [0.15, 0.2) is 60.7 Å². The van der Waals surface area contributed by atoms with Crippen molar-refractivity contribution in [1.82, 2.24) is 0 Å². The summed E-state index contributed by atoms with van der Waals surface area (Å²) in [6.07, 6.45) is 8.90. The molecular weight excluding hydrogens is 232 g/mol. The van der Waals surface area contributed by atoms with Crippen LogP contribution in [0.3, 0.4) is 0 Å². The van der Waals surface area contributed by atoms with Crippen LogP contribution in [0.5, 0.6) is 0 Å². The molecule has 1 heteroatoms. The number of hydrogen-bond acceptors (Lipinski definition) is 1. The van der Waals surface area contributed by atoms with Gasteiger partial charge >= 0.3 is 0 Å². The zero-order chi connectivity index (χ0) is 13.2. The van der Waals surface area contributed by atoms with Gasteiger partial charge in [0.05, 0.1) is 0 Å². The third-order valence-corrected chi connectivity index (χ3v) is 3.65. The Bertz CT molecular complexity index is 680. The lowest BCUT2D eigenvalue weighted by atomic mass is 9.89. The largest absolute Gasteiger partial charge is 0.294 e. The molecule has 0 aliphatic heterocycles. The van der Waals surface area contributed by atoms with Crippen LogP contribution >= 0.6 is 0 Å². The van der Waals surface area contributed by atoms with E-state index in [2.05, 4.69) is 30.4 Å². The SMILES string of the molecule is CCC(=O)c1cc2ccccc2cc1C1C=CC=C1. The second-order valence-corrected chi connectivity index (χ2v) is 4.86. The van der Waals surface area contributed by atoms with Gasteiger partial charge in [0.2, 0.25) is 0 Å².